The van der Waals surface area contributed by atoms with E-state index in [1.54, 1.807) is 0 Å². The van der Waals surface area contributed by atoms with Crippen molar-refractivity contribution in [2.24, 2.45) is 17.8 Å². The summed E-state index contributed by atoms with van der Waals surface area (Å²) in [6, 6.07) is 0. The zero-order valence-electron chi connectivity index (χ0n) is 12.5. The summed E-state index contributed by atoms with van der Waals surface area (Å²) >= 11 is 0. The van der Waals surface area contributed by atoms with Crippen LogP contribution in [0.5, 0.6) is 0 Å². The van der Waals surface area contributed by atoms with E-state index in [2.05, 4.69) is 20.8 Å². The molecule has 2 bridgehead atoms. The number of carbonyl (C=O) groups is 3. The largest absolute Gasteiger partial charge is 0.504 e. The van der Waals surface area contributed by atoms with E-state index in [-0.39, 0.29) is 5.92 Å². The Labute approximate surface area is 131 Å². The van der Waals surface area contributed by atoms with E-state index in [4.69, 9.17) is 0 Å². The lowest BCUT2D eigenvalue weighted by atomic mass is 9.89. The molecule has 3 atom stereocenters. The van der Waals surface area contributed by atoms with Gasteiger partial charge in [0.1, 0.15) is 13.2 Å². The molecule has 0 spiro atoms. The number of esters is 3. The molecule has 6 nitrogen and oxygen atoms in total. The molecule has 0 aromatic heterocycles. The van der Waals surface area contributed by atoms with Gasteiger partial charge in [-0.3, -0.25) is 4.79 Å². The number of halogens is 2. The predicted octanol–water partition coefficient (Wildman–Crippen LogP) is 1.83. The van der Waals surface area contributed by atoms with Crippen LogP contribution in [0.15, 0.2) is 12.7 Å². The second kappa shape index (κ2) is 7.06. The molecule has 0 saturated heterocycles. The van der Waals surface area contributed by atoms with Crippen LogP contribution in [-0.2, 0) is 28.6 Å². The van der Waals surface area contributed by atoms with Gasteiger partial charge >= 0.3 is 24.0 Å². The maximum Gasteiger partial charge on any atom is 0.504 e. The molecule has 0 N–H and O–H groups in total. The molecule has 0 radical (unpaired) electrons. The van der Waals surface area contributed by atoms with Crippen LogP contribution >= 0.6 is 0 Å². The number of fused-ring (bicyclic) bond motifs is 2. The average Bonchev–Trinajstić information content (AvgIpc) is 3.13. The zero-order chi connectivity index (χ0) is 17.0. The first kappa shape index (κ1) is 17.4. The highest BCUT2D eigenvalue weighted by atomic mass is 19.3. The minimum Gasteiger partial charge on any atom is -0.459 e. The van der Waals surface area contributed by atoms with Crippen LogP contribution < -0.4 is 0 Å². The molecule has 8 heteroatoms. The van der Waals surface area contributed by atoms with Crippen molar-refractivity contribution in [3.05, 3.63) is 12.7 Å². The molecule has 0 aromatic rings. The van der Waals surface area contributed by atoms with E-state index in [0.29, 0.717) is 12.3 Å². The topological polar surface area (TPSA) is 78.9 Å². The highest BCUT2D eigenvalue weighted by Gasteiger charge is 2.50. The number of carbonyl (C=O) groups excluding carboxylic acids is 3. The fourth-order valence-corrected chi connectivity index (χ4v) is 3.20. The summed E-state index contributed by atoms with van der Waals surface area (Å²) in [5, 5.41) is 0. The second-order valence-corrected chi connectivity index (χ2v) is 5.73. The van der Waals surface area contributed by atoms with Crippen molar-refractivity contribution in [1.29, 1.82) is 0 Å². The fourth-order valence-electron chi connectivity index (χ4n) is 3.20. The third-order valence-corrected chi connectivity index (χ3v) is 4.23. The van der Waals surface area contributed by atoms with Crippen molar-refractivity contribution in [2.75, 3.05) is 13.2 Å². The van der Waals surface area contributed by atoms with Gasteiger partial charge in [0.25, 0.3) is 0 Å². The van der Waals surface area contributed by atoms with Crippen molar-refractivity contribution in [3.63, 3.8) is 0 Å². The average molecular weight is 332 g/mol. The SMILES string of the molecule is C=CC(=O)OCCOC(=O)C(F)(F)OC(=O)C1CC2CCC1C2. The molecule has 3 unspecified atom stereocenters. The molecule has 0 aromatic carbocycles. The summed E-state index contributed by atoms with van der Waals surface area (Å²) in [7, 11) is 0. The van der Waals surface area contributed by atoms with Gasteiger partial charge in [-0.25, -0.2) is 9.59 Å². The van der Waals surface area contributed by atoms with Gasteiger partial charge in [-0.2, -0.15) is 8.78 Å². The smallest absolute Gasteiger partial charge is 0.459 e. The summed E-state index contributed by atoms with van der Waals surface area (Å²) in [6.07, 6.45) is -0.239. The van der Waals surface area contributed by atoms with Crippen LogP contribution in [0, 0.1) is 17.8 Å². The molecule has 2 rings (SSSR count). The van der Waals surface area contributed by atoms with Gasteiger partial charge in [-0.05, 0) is 31.1 Å². The molecule has 0 aliphatic heterocycles. The molecule has 0 amide bonds. The van der Waals surface area contributed by atoms with Crippen LogP contribution in [-0.4, -0.2) is 37.2 Å². The summed E-state index contributed by atoms with van der Waals surface area (Å²) in [5.74, 6) is -3.92. The summed E-state index contributed by atoms with van der Waals surface area (Å²) in [4.78, 5) is 33.8. The first-order chi connectivity index (χ1) is 10.8. The van der Waals surface area contributed by atoms with Crippen molar-refractivity contribution in [2.45, 2.75) is 31.8 Å². The van der Waals surface area contributed by atoms with Crippen molar-refractivity contribution >= 4 is 17.9 Å². The first-order valence-corrected chi connectivity index (χ1v) is 7.40. The molecule has 0 heterocycles. The molecule has 2 aliphatic rings. The predicted molar refractivity (Wildman–Crippen MR) is 72.1 cm³/mol. The van der Waals surface area contributed by atoms with Crippen LogP contribution in [0.3, 0.4) is 0 Å². The standard InChI is InChI=1S/C15H18F2O6/c1-2-12(18)21-5-6-22-14(20)15(16,17)23-13(19)11-8-9-3-4-10(11)7-9/h2,9-11H,1,3-8H2. The first-order valence-electron chi connectivity index (χ1n) is 7.40. The lowest BCUT2D eigenvalue weighted by Gasteiger charge is -2.22. The number of hydrogen-bond acceptors (Lipinski definition) is 6. The highest BCUT2D eigenvalue weighted by Crippen LogP contribution is 2.49. The number of ether oxygens (including phenoxy) is 3. The Morgan fingerprint density at radius 3 is 2.39 bits per heavy atom. The molecular weight excluding hydrogens is 314 g/mol. The van der Waals surface area contributed by atoms with Crippen LogP contribution in [0.4, 0.5) is 8.78 Å². The van der Waals surface area contributed by atoms with Gasteiger partial charge in [0.15, 0.2) is 0 Å². The van der Waals surface area contributed by atoms with Crippen molar-refractivity contribution in [1.82, 2.24) is 0 Å². The van der Waals surface area contributed by atoms with Gasteiger partial charge in [0, 0.05) is 6.08 Å². The van der Waals surface area contributed by atoms with Gasteiger partial charge < -0.3 is 14.2 Å². The number of hydrogen-bond donors (Lipinski definition) is 0. The maximum absolute atomic E-state index is 13.6. The van der Waals surface area contributed by atoms with Gasteiger partial charge in [-0.15, -0.1) is 0 Å². The molecule has 23 heavy (non-hydrogen) atoms. The van der Waals surface area contributed by atoms with Crippen molar-refractivity contribution < 1.29 is 37.4 Å². The Morgan fingerprint density at radius 2 is 1.83 bits per heavy atom. The van der Waals surface area contributed by atoms with E-state index in [9.17, 15) is 23.2 Å². The molecule has 2 fully saturated rings. The Hall–Kier alpha value is -1.99. The second-order valence-electron chi connectivity index (χ2n) is 5.73. The normalized spacial score (nSPS) is 25.7. The highest BCUT2D eigenvalue weighted by molar-refractivity contribution is 5.82. The quantitative estimate of drug-likeness (QED) is 0.306. The lowest BCUT2D eigenvalue weighted by Crippen LogP contribution is -2.39. The third kappa shape index (κ3) is 4.27. The Kier molecular flexibility index (Phi) is 5.33. The molecular formula is C15H18F2O6. The van der Waals surface area contributed by atoms with Gasteiger partial charge in [-0.1, -0.05) is 13.0 Å². The Morgan fingerprint density at radius 1 is 1.13 bits per heavy atom. The van der Waals surface area contributed by atoms with Crippen LogP contribution in [0.1, 0.15) is 25.7 Å². The van der Waals surface area contributed by atoms with E-state index in [0.717, 1.165) is 25.3 Å². The minimum atomic E-state index is -4.35. The molecule has 2 aliphatic carbocycles. The summed E-state index contributed by atoms with van der Waals surface area (Å²) < 4.78 is 39.9. The Balaban J connectivity index is 1.76. The summed E-state index contributed by atoms with van der Waals surface area (Å²) in [5.41, 5.74) is 0. The summed E-state index contributed by atoms with van der Waals surface area (Å²) in [6.45, 7) is 2.17. The third-order valence-electron chi connectivity index (χ3n) is 4.23. The van der Waals surface area contributed by atoms with Crippen LogP contribution in [0.2, 0.25) is 0 Å². The lowest BCUT2D eigenvalue weighted by molar-refractivity contribution is -0.248. The minimum absolute atomic E-state index is 0.0673. The van der Waals surface area contributed by atoms with E-state index < -0.39 is 43.1 Å². The van der Waals surface area contributed by atoms with Gasteiger partial charge in [0.2, 0.25) is 0 Å². The van der Waals surface area contributed by atoms with Gasteiger partial charge in [0.05, 0.1) is 5.92 Å². The monoisotopic (exact) mass is 332 g/mol. The molecule has 128 valence electrons. The van der Waals surface area contributed by atoms with Crippen LogP contribution in [0.25, 0.3) is 0 Å². The van der Waals surface area contributed by atoms with E-state index >= 15 is 0 Å². The number of rotatable bonds is 7. The zero-order valence-corrected chi connectivity index (χ0v) is 12.5. The fraction of sp³-hybridized carbons (Fsp3) is 0.667. The van der Waals surface area contributed by atoms with E-state index in [1.165, 1.54) is 0 Å². The molecule has 2 saturated carbocycles. The number of alkyl halides is 2. The Bertz CT molecular complexity index is 504. The maximum atomic E-state index is 13.6. The van der Waals surface area contributed by atoms with E-state index in [1.807, 2.05) is 0 Å². The van der Waals surface area contributed by atoms with Crippen molar-refractivity contribution in [3.8, 4) is 0 Å².